The highest BCUT2D eigenvalue weighted by Gasteiger charge is 2.45. The molecule has 1 aromatic rings. The average Bonchev–Trinajstić information content (AvgIpc) is 2.95. The summed E-state index contributed by atoms with van der Waals surface area (Å²) in [5, 5.41) is 3.20. The Morgan fingerprint density at radius 3 is 2.74 bits per heavy atom. The van der Waals surface area contributed by atoms with Crippen LogP contribution in [0.15, 0.2) is 5.38 Å². The van der Waals surface area contributed by atoms with E-state index in [4.69, 9.17) is 0 Å². The lowest BCUT2D eigenvalue weighted by molar-refractivity contribution is 0.238. The third kappa shape index (κ3) is 2.56. The lowest BCUT2D eigenvalue weighted by Gasteiger charge is -2.23. The van der Waals surface area contributed by atoms with Gasteiger partial charge in [0, 0.05) is 37.1 Å². The van der Waals surface area contributed by atoms with Gasteiger partial charge in [-0.2, -0.15) is 4.31 Å². The molecule has 0 spiro atoms. The second-order valence-corrected chi connectivity index (χ2v) is 8.41. The van der Waals surface area contributed by atoms with Gasteiger partial charge in [0.15, 0.2) is 0 Å². The summed E-state index contributed by atoms with van der Waals surface area (Å²) < 4.78 is 25.2. The molecule has 2 aliphatic rings. The quantitative estimate of drug-likeness (QED) is 0.838. The number of aromatic nitrogens is 1. The highest BCUT2D eigenvalue weighted by Crippen LogP contribution is 2.34. The second-order valence-electron chi connectivity index (χ2n) is 5.41. The van der Waals surface area contributed by atoms with E-state index in [0.29, 0.717) is 12.6 Å². The lowest BCUT2D eigenvalue weighted by atomic mass is 10.1. The van der Waals surface area contributed by atoms with E-state index in [0.717, 1.165) is 36.6 Å². The van der Waals surface area contributed by atoms with E-state index in [1.807, 2.05) is 6.92 Å². The van der Waals surface area contributed by atoms with Gasteiger partial charge >= 0.3 is 0 Å². The van der Waals surface area contributed by atoms with Crippen LogP contribution in [0.5, 0.6) is 0 Å². The first-order chi connectivity index (χ1) is 8.95. The van der Waals surface area contributed by atoms with E-state index in [2.05, 4.69) is 15.3 Å². The van der Waals surface area contributed by atoms with Gasteiger partial charge in [0.1, 0.15) is 0 Å². The minimum atomic E-state index is -3.06. The third-order valence-corrected chi connectivity index (χ3v) is 6.23. The first-order valence-electron chi connectivity index (χ1n) is 6.57. The molecule has 106 valence electrons. The molecule has 2 fully saturated rings. The Hall–Kier alpha value is -0.500. The van der Waals surface area contributed by atoms with E-state index in [9.17, 15) is 8.42 Å². The molecule has 3 rings (SSSR count). The van der Waals surface area contributed by atoms with Crippen LogP contribution in [0.4, 0.5) is 0 Å². The minimum absolute atomic E-state index is 0.176. The van der Waals surface area contributed by atoms with Gasteiger partial charge in [-0.3, -0.25) is 4.90 Å². The van der Waals surface area contributed by atoms with Gasteiger partial charge in [-0.15, -0.1) is 11.3 Å². The molecule has 0 amide bonds. The predicted octanol–water partition coefficient (Wildman–Crippen LogP) is 1.06. The van der Waals surface area contributed by atoms with Crippen LogP contribution in [0.25, 0.3) is 0 Å². The van der Waals surface area contributed by atoms with Gasteiger partial charge in [-0.25, -0.2) is 13.4 Å². The Balaban J connectivity index is 1.72. The number of hydrogen-bond acceptors (Lipinski definition) is 5. The number of likely N-dealkylation sites (tertiary alicyclic amines) is 1. The van der Waals surface area contributed by atoms with Crippen LogP contribution in [-0.2, 0) is 16.6 Å². The molecule has 0 aromatic carbocycles. The fourth-order valence-electron chi connectivity index (χ4n) is 3.33. The maximum Gasteiger partial charge on any atom is 0.211 e. The summed E-state index contributed by atoms with van der Waals surface area (Å²) in [6.07, 6.45) is 3.21. The van der Waals surface area contributed by atoms with Crippen molar-refractivity contribution in [3.63, 3.8) is 0 Å². The summed E-state index contributed by atoms with van der Waals surface area (Å²) in [4.78, 5) is 6.89. The minimum Gasteiger partial charge on any atom is -0.293 e. The van der Waals surface area contributed by atoms with Crippen LogP contribution in [0.2, 0.25) is 0 Å². The number of aryl methyl sites for hydroxylation is 1. The van der Waals surface area contributed by atoms with Crippen molar-refractivity contribution in [1.82, 2.24) is 14.2 Å². The average molecular weight is 301 g/mol. The van der Waals surface area contributed by atoms with E-state index >= 15 is 0 Å². The molecule has 0 radical (unpaired) electrons. The summed E-state index contributed by atoms with van der Waals surface area (Å²) in [7, 11) is -3.06. The highest BCUT2D eigenvalue weighted by atomic mass is 32.2. The van der Waals surface area contributed by atoms with E-state index < -0.39 is 10.0 Å². The number of sulfonamides is 1. The maximum absolute atomic E-state index is 11.7. The van der Waals surface area contributed by atoms with Gasteiger partial charge in [-0.1, -0.05) is 0 Å². The predicted molar refractivity (Wildman–Crippen MR) is 75.6 cm³/mol. The van der Waals surface area contributed by atoms with Crippen molar-refractivity contribution in [2.75, 3.05) is 19.3 Å². The molecular weight excluding hydrogens is 282 g/mol. The van der Waals surface area contributed by atoms with Crippen molar-refractivity contribution >= 4 is 21.4 Å². The summed E-state index contributed by atoms with van der Waals surface area (Å²) in [6.45, 7) is 4.50. The van der Waals surface area contributed by atoms with Crippen LogP contribution in [0.3, 0.4) is 0 Å². The van der Waals surface area contributed by atoms with Crippen molar-refractivity contribution in [2.45, 2.75) is 38.4 Å². The summed E-state index contributed by atoms with van der Waals surface area (Å²) >= 11 is 1.67. The summed E-state index contributed by atoms with van der Waals surface area (Å²) in [5.74, 6) is 0. The fourth-order valence-corrected chi connectivity index (χ4v) is 5.11. The van der Waals surface area contributed by atoms with Crippen molar-refractivity contribution < 1.29 is 8.42 Å². The molecule has 0 unspecified atom stereocenters. The van der Waals surface area contributed by atoms with Gasteiger partial charge in [0.25, 0.3) is 0 Å². The van der Waals surface area contributed by atoms with Gasteiger partial charge in [0.05, 0.1) is 17.0 Å². The topological polar surface area (TPSA) is 53.5 Å². The molecule has 1 aromatic heterocycles. The van der Waals surface area contributed by atoms with E-state index in [-0.39, 0.29) is 6.04 Å². The second kappa shape index (κ2) is 4.80. The Morgan fingerprint density at radius 1 is 1.37 bits per heavy atom. The van der Waals surface area contributed by atoms with Crippen molar-refractivity contribution in [3.05, 3.63) is 16.1 Å². The van der Waals surface area contributed by atoms with Crippen LogP contribution >= 0.6 is 11.3 Å². The molecule has 7 heteroatoms. The number of hydrogen-bond donors (Lipinski definition) is 0. The molecule has 0 bridgehead atoms. The summed E-state index contributed by atoms with van der Waals surface area (Å²) in [6, 6.07) is 0.548. The monoisotopic (exact) mass is 301 g/mol. The SMILES string of the molecule is Cc1nc(CN2CC[C@@H]3[C@H]2CCN3S(C)(=O)=O)cs1. The molecule has 2 atom stereocenters. The van der Waals surface area contributed by atoms with Gasteiger partial charge in [0.2, 0.25) is 10.0 Å². The molecule has 0 saturated carbocycles. The number of thiazole rings is 1. The van der Waals surface area contributed by atoms with Crippen molar-refractivity contribution in [1.29, 1.82) is 0 Å². The molecule has 19 heavy (non-hydrogen) atoms. The van der Waals surface area contributed by atoms with Crippen LogP contribution in [-0.4, -0.2) is 54.0 Å². The lowest BCUT2D eigenvalue weighted by Crippen LogP contribution is -2.39. The Morgan fingerprint density at radius 2 is 2.11 bits per heavy atom. The molecule has 2 aliphatic heterocycles. The normalized spacial score (nSPS) is 28.9. The molecule has 0 N–H and O–H groups in total. The van der Waals surface area contributed by atoms with Crippen LogP contribution in [0, 0.1) is 6.92 Å². The molecule has 2 saturated heterocycles. The largest absolute Gasteiger partial charge is 0.293 e. The molecular formula is C12H19N3O2S2. The van der Waals surface area contributed by atoms with Gasteiger partial charge < -0.3 is 0 Å². The Bertz CT molecular complexity index is 569. The van der Waals surface area contributed by atoms with Gasteiger partial charge in [-0.05, 0) is 19.8 Å². The number of nitrogens with zero attached hydrogens (tertiary/aromatic N) is 3. The zero-order valence-corrected chi connectivity index (χ0v) is 12.9. The smallest absolute Gasteiger partial charge is 0.211 e. The van der Waals surface area contributed by atoms with E-state index in [1.165, 1.54) is 6.26 Å². The number of rotatable bonds is 3. The molecule has 5 nitrogen and oxygen atoms in total. The first kappa shape index (κ1) is 13.5. The van der Waals surface area contributed by atoms with Crippen molar-refractivity contribution in [3.8, 4) is 0 Å². The maximum atomic E-state index is 11.7. The molecule has 0 aliphatic carbocycles. The van der Waals surface area contributed by atoms with E-state index in [1.54, 1.807) is 15.6 Å². The number of fused-ring (bicyclic) bond motifs is 1. The van der Waals surface area contributed by atoms with Crippen LogP contribution in [0.1, 0.15) is 23.5 Å². The zero-order chi connectivity index (χ0) is 13.6. The Labute approximate surface area is 118 Å². The Kier molecular flexibility index (Phi) is 3.41. The molecule has 3 heterocycles. The zero-order valence-electron chi connectivity index (χ0n) is 11.2. The standard InChI is InChI=1S/C12H19N3O2S2/c1-9-13-10(8-18-9)7-14-5-3-12-11(14)4-6-15(12)19(2,16)17/h8,11-12H,3-7H2,1-2H3/t11-,12-/m1/s1. The van der Waals surface area contributed by atoms with Crippen LogP contribution < -0.4 is 0 Å². The highest BCUT2D eigenvalue weighted by molar-refractivity contribution is 7.88. The summed E-state index contributed by atoms with van der Waals surface area (Å²) in [5.41, 5.74) is 1.11. The fraction of sp³-hybridized carbons (Fsp3) is 0.750. The first-order valence-corrected chi connectivity index (χ1v) is 9.30. The third-order valence-electron chi connectivity index (χ3n) is 4.10. The van der Waals surface area contributed by atoms with Crippen molar-refractivity contribution in [2.24, 2.45) is 0 Å².